The predicted molar refractivity (Wildman–Crippen MR) is 128 cm³/mol. The van der Waals surface area contributed by atoms with Gasteiger partial charge in [0, 0.05) is 39.3 Å². The number of halogens is 1. The van der Waals surface area contributed by atoms with Crippen LogP contribution in [0.2, 0.25) is 0 Å². The first kappa shape index (κ1) is 25.2. The summed E-state index contributed by atoms with van der Waals surface area (Å²) in [6.07, 6.45) is 0. The normalized spacial score (nSPS) is 18.9. The summed E-state index contributed by atoms with van der Waals surface area (Å²) in [4.78, 5) is 8.74. The summed E-state index contributed by atoms with van der Waals surface area (Å²) in [7, 11) is 0.815. The Morgan fingerprint density at radius 2 is 1.89 bits per heavy atom. The molecule has 1 saturated heterocycles. The van der Waals surface area contributed by atoms with E-state index in [1.165, 1.54) is 11.1 Å². The molecule has 0 aromatic heterocycles. The molecule has 1 fully saturated rings. The fraction of sp³-hybridized carbons (Fsp3) is 0.650. The Labute approximate surface area is 187 Å². The molecule has 0 spiro atoms. The topological polar surface area (TPSA) is 65.0 Å². The Kier molecular flexibility index (Phi) is 9.21. The monoisotopic (exact) mass is 522 g/mol. The summed E-state index contributed by atoms with van der Waals surface area (Å²) < 4.78 is 23.7. The van der Waals surface area contributed by atoms with Crippen molar-refractivity contribution in [2.45, 2.75) is 51.6 Å². The highest BCUT2D eigenvalue weighted by Gasteiger charge is 2.40. The molecule has 8 heteroatoms. The Bertz CT molecular complexity index is 778. The maximum absolute atomic E-state index is 12.2. The highest BCUT2D eigenvalue weighted by Crippen LogP contribution is 2.23. The summed E-state index contributed by atoms with van der Waals surface area (Å²) in [5.41, 5.74) is 2.52. The summed E-state index contributed by atoms with van der Waals surface area (Å²) >= 11 is 0. The Hall–Kier alpha value is -0.870. The van der Waals surface area contributed by atoms with E-state index < -0.39 is 14.6 Å². The summed E-state index contributed by atoms with van der Waals surface area (Å²) in [5.74, 6) is 0.918. The van der Waals surface area contributed by atoms with Gasteiger partial charge in [-0.05, 0) is 45.9 Å². The van der Waals surface area contributed by atoms with Crippen molar-refractivity contribution >= 4 is 39.8 Å². The van der Waals surface area contributed by atoms with Crippen LogP contribution >= 0.6 is 24.0 Å². The number of rotatable bonds is 5. The van der Waals surface area contributed by atoms with Crippen molar-refractivity contribution in [2.75, 3.05) is 32.9 Å². The van der Waals surface area contributed by atoms with Gasteiger partial charge >= 0.3 is 0 Å². The summed E-state index contributed by atoms with van der Waals surface area (Å²) in [5, 5.41) is 3.43. The van der Waals surface area contributed by atoms with E-state index >= 15 is 0 Å². The van der Waals surface area contributed by atoms with Crippen molar-refractivity contribution in [3.63, 3.8) is 0 Å². The maximum Gasteiger partial charge on any atom is 0.193 e. The molecule has 160 valence electrons. The van der Waals surface area contributed by atoms with Crippen molar-refractivity contribution < 1.29 is 8.42 Å². The molecule has 1 aliphatic rings. The number of nitrogens with one attached hydrogen (secondary N) is 1. The van der Waals surface area contributed by atoms with Crippen LogP contribution in [0.3, 0.4) is 0 Å². The number of hydrogen-bond donors (Lipinski definition) is 1. The summed E-state index contributed by atoms with van der Waals surface area (Å²) in [6, 6.07) is 8.90. The van der Waals surface area contributed by atoms with Crippen LogP contribution in [0, 0.1) is 0 Å². The lowest BCUT2D eigenvalue weighted by atomic mass is 10.1. The van der Waals surface area contributed by atoms with E-state index in [2.05, 4.69) is 60.4 Å². The molecule has 1 heterocycles. The standard InChI is InChI=1S/C20H34N4O2S.HI/c1-16(2)23(6)14-18-10-8-7-9-17(18)13-22-19(21-5)24-11-12-27(25,26)20(3,4)15-24;/h7-10,16H,11-15H2,1-6H3,(H,21,22);1H. The maximum atomic E-state index is 12.2. The van der Waals surface area contributed by atoms with E-state index in [9.17, 15) is 8.42 Å². The Morgan fingerprint density at radius 1 is 1.29 bits per heavy atom. The number of nitrogens with zero attached hydrogens (tertiary/aromatic N) is 3. The van der Waals surface area contributed by atoms with Gasteiger partial charge in [0.2, 0.25) is 0 Å². The zero-order valence-electron chi connectivity index (χ0n) is 17.9. The van der Waals surface area contributed by atoms with Crippen LogP contribution in [0.4, 0.5) is 0 Å². The van der Waals surface area contributed by atoms with E-state index in [4.69, 9.17) is 0 Å². The molecule has 0 radical (unpaired) electrons. The second-order valence-corrected chi connectivity index (χ2v) is 10.9. The third kappa shape index (κ3) is 6.06. The number of benzene rings is 1. The van der Waals surface area contributed by atoms with Crippen LogP contribution in [-0.4, -0.2) is 67.9 Å². The lowest BCUT2D eigenvalue weighted by molar-refractivity contribution is 0.265. The minimum Gasteiger partial charge on any atom is -0.352 e. The number of hydrogen-bond acceptors (Lipinski definition) is 4. The quantitative estimate of drug-likeness (QED) is 0.366. The first-order valence-electron chi connectivity index (χ1n) is 9.52. The molecule has 0 aliphatic carbocycles. The lowest BCUT2D eigenvalue weighted by Gasteiger charge is -2.39. The molecule has 0 unspecified atom stereocenters. The van der Waals surface area contributed by atoms with Gasteiger partial charge in [-0.2, -0.15) is 0 Å². The summed E-state index contributed by atoms with van der Waals surface area (Å²) in [6.45, 7) is 10.4. The molecule has 0 bridgehead atoms. The molecule has 6 nitrogen and oxygen atoms in total. The average Bonchev–Trinajstić information content (AvgIpc) is 2.59. The molecule has 1 N–H and O–H groups in total. The van der Waals surface area contributed by atoms with Crippen LogP contribution in [0.5, 0.6) is 0 Å². The van der Waals surface area contributed by atoms with Crippen LogP contribution in [0.15, 0.2) is 29.3 Å². The van der Waals surface area contributed by atoms with Crippen molar-refractivity contribution in [2.24, 2.45) is 4.99 Å². The van der Waals surface area contributed by atoms with Gasteiger partial charge in [-0.1, -0.05) is 24.3 Å². The number of sulfone groups is 1. The van der Waals surface area contributed by atoms with Gasteiger partial charge in [0.1, 0.15) is 0 Å². The molecule has 1 aromatic carbocycles. The largest absolute Gasteiger partial charge is 0.352 e. The SMILES string of the molecule is CN=C(NCc1ccccc1CN(C)C(C)C)N1CCS(=O)(=O)C(C)(C)C1.I. The van der Waals surface area contributed by atoms with Crippen molar-refractivity contribution in [3.8, 4) is 0 Å². The van der Waals surface area contributed by atoms with E-state index in [1.54, 1.807) is 20.9 Å². The molecule has 1 aromatic rings. The predicted octanol–water partition coefficient (Wildman–Crippen LogP) is 2.73. The zero-order chi connectivity index (χ0) is 20.2. The van der Waals surface area contributed by atoms with E-state index in [0.29, 0.717) is 25.7 Å². The minimum absolute atomic E-state index is 0. The fourth-order valence-corrected chi connectivity index (χ4v) is 4.53. The van der Waals surface area contributed by atoms with Crippen LogP contribution in [-0.2, 0) is 22.9 Å². The van der Waals surface area contributed by atoms with Crippen molar-refractivity contribution in [3.05, 3.63) is 35.4 Å². The van der Waals surface area contributed by atoms with E-state index in [-0.39, 0.29) is 29.7 Å². The Balaban J connectivity index is 0.00000392. The van der Waals surface area contributed by atoms with Crippen LogP contribution in [0.1, 0.15) is 38.8 Å². The molecular formula is C20H35IN4O2S. The lowest BCUT2D eigenvalue weighted by Crippen LogP contribution is -2.57. The highest BCUT2D eigenvalue weighted by molar-refractivity contribution is 14.0. The molecule has 1 aliphatic heterocycles. The zero-order valence-corrected chi connectivity index (χ0v) is 21.0. The fourth-order valence-electron chi connectivity index (χ4n) is 3.17. The third-order valence-corrected chi connectivity index (χ3v) is 7.94. The van der Waals surface area contributed by atoms with Crippen LogP contribution in [0.25, 0.3) is 0 Å². The van der Waals surface area contributed by atoms with Gasteiger partial charge < -0.3 is 10.2 Å². The first-order valence-corrected chi connectivity index (χ1v) is 11.2. The van der Waals surface area contributed by atoms with Gasteiger partial charge in [-0.3, -0.25) is 9.89 Å². The van der Waals surface area contributed by atoms with Gasteiger partial charge in [-0.15, -0.1) is 24.0 Å². The molecule has 0 saturated carbocycles. The third-order valence-electron chi connectivity index (χ3n) is 5.41. The average molecular weight is 522 g/mol. The molecule has 0 atom stereocenters. The number of guanidine groups is 1. The van der Waals surface area contributed by atoms with Gasteiger partial charge in [-0.25, -0.2) is 8.42 Å². The minimum atomic E-state index is -3.06. The van der Waals surface area contributed by atoms with E-state index in [1.807, 2.05) is 4.90 Å². The molecule has 2 rings (SSSR count). The van der Waals surface area contributed by atoms with Gasteiger partial charge in [0.15, 0.2) is 15.8 Å². The van der Waals surface area contributed by atoms with Crippen LogP contribution < -0.4 is 5.32 Å². The molecule has 0 amide bonds. The molecular weight excluding hydrogens is 487 g/mol. The smallest absolute Gasteiger partial charge is 0.193 e. The first-order chi connectivity index (χ1) is 12.6. The second-order valence-electron chi connectivity index (χ2n) is 8.18. The van der Waals surface area contributed by atoms with Gasteiger partial charge in [0.25, 0.3) is 0 Å². The number of aliphatic imine (C=N–C) groups is 1. The van der Waals surface area contributed by atoms with E-state index in [0.717, 1.165) is 12.5 Å². The van der Waals surface area contributed by atoms with Crippen molar-refractivity contribution in [1.82, 2.24) is 15.1 Å². The second kappa shape index (κ2) is 10.2. The Morgan fingerprint density at radius 3 is 2.43 bits per heavy atom. The van der Waals surface area contributed by atoms with Gasteiger partial charge in [0.05, 0.1) is 10.5 Å². The highest BCUT2D eigenvalue weighted by atomic mass is 127. The van der Waals surface area contributed by atoms with Crippen molar-refractivity contribution in [1.29, 1.82) is 0 Å². The molecule has 28 heavy (non-hydrogen) atoms.